The molecule has 0 amide bonds. The van der Waals surface area contributed by atoms with Crippen molar-refractivity contribution in [1.29, 1.82) is 0 Å². The summed E-state index contributed by atoms with van der Waals surface area (Å²) in [6.07, 6.45) is 5.56. The number of rotatable bonds is 5. The minimum absolute atomic E-state index is 0.447. The molecule has 0 saturated carbocycles. The summed E-state index contributed by atoms with van der Waals surface area (Å²) >= 11 is 0. The fourth-order valence-electron chi connectivity index (χ4n) is 3.55. The highest BCUT2D eigenvalue weighted by molar-refractivity contribution is 5.13. The van der Waals surface area contributed by atoms with Crippen LogP contribution in [0.1, 0.15) is 31.2 Å². The minimum Gasteiger partial charge on any atom is -0.373 e. The predicted octanol–water partition coefficient (Wildman–Crippen LogP) is 2.76. The van der Waals surface area contributed by atoms with Crippen molar-refractivity contribution < 1.29 is 4.74 Å². The van der Waals surface area contributed by atoms with Crippen LogP contribution in [0.4, 0.5) is 0 Å². The molecule has 116 valence electrons. The van der Waals surface area contributed by atoms with Gasteiger partial charge in [-0.25, -0.2) is 0 Å². The van der Waals surface area contributed by atoms with Gasteiger partial charge < -0.3 is 14.5 Å². The zero-order chi connectivity index (χ0) is 14.5. The van der Waals surface area contributed by atoms with Crippen LogP contribution in [0.5, 0.6) is 0 Å². The van der Waals surface area contributed by atoms with E-state index >= 15 is 0 Å². The second-order valence-electron chi connectivity index (χ2n) is 6.57. The topological polar surface area (TPSA) is 15.7 Å². The molecule has 1 aromatic carbocycles. The van der Waals surface area contributed by atoms with E-state index < -0.39 is 0 Å². The molecule has 2 aliphatic heterocycles. The molecule has 0 bridgehead atoms. The third-order valence-corrected chi connectivity index (χ3v) is 5.00. The summed E-state index contributed by atoms with van der Waals surface area (Å²) in [6.45, 7) is 5.69. The Hall–Kier alpha value is -0.900. The van der Waals surface area contributed by atoms with Crippen molar-refractivity contribution >= 4 is 0 Å². The summed E-state index contributed by atoms with van der Waals surface area (Å²) in [4.78, 5) is 5.16. The maximum atomic E-state index is 6.07. The molecule has 0 N–H and O–H groups in total. The molecule has 1 aromatic rings. The average Bonchev–Trinajstić information content (AvgIpc) is 2.93. The van der Waals surface area contributed by atoms with Gasteiger partial charge in [-0.05, 0) is 44.8 Å². The third-order valence-electron chi connectivity index (χ3n) is 5.00. The van der Waals surface area contributed by atoms with E-state index in [1.165, 1.54) is 57.4 Å². The summed E-state index contributed by atoms with van der Waals surface area (Å²) in [6, 6.07) is 11.3. The Morgan fingerprint density at radius 1 is 1.05 bits per heavy atom. The lowest BCUT2D eigenvalue weighted by molar-refractivity contribution is -0.00561. The van der Waals surface area contributed by atoms with Gasteiger partial charge >= 0.3 is 0 Å². The first kappa shape index (κ1) is 15.0. The number of piperidine rings is 1. The Kier molecular flexibility index (Phi) is 5.28. The molecule has 0 spiro atoms. The average molecular weight is 288 g/mol. The van der Waals surface area contributed by atoms with Crippen LogP contribution < -0.4 is 0 Å². The van der Waals surface area contributed by atoms with Gasteiger partial charge in [0.05, 0.1) is 12.7 Å². The molecule has 21 heavy (non-hydrogen) atoms. The van der Waals surface area contributed by atoms with Crippen molar-refractivity contribution in [2.45, 2.75) is 44.4 Å². The van der Waals surface area contributed by atoms with Gasteiger partial charge in [0.1, 0.15) is 0 Å². The van der Waals surface area contributed by atoms with Crippen LogP contribution >= 0.6 is 0 Å². The van der Waals surface area contributed by atoms with Crippen molar-refractivity contribution in [3.63, 3.8) is 0 Å². The maximum absolute atomic E-state index is 6.07. The summed E-state index contributed by atoms with van der Waals surface area (Å²) in [7, 11) is 2.27. The lowest BCUT2D eigenvalue weighted by Gasteiger charge is -2.34. The molecule has 3 nitrogen and oxygen atoms in total. The number of nitrogens with zero attached hydrogens (tertiary/aromatic N) is 2. The van der Waals surface area contributed by atoms with Gasteiger partial charge in [-0.3, -0.25) is 0 Å². The van der Waals surface area contributed by atoms with Gasteiger partial charge in [-0.15, -0.1) is 0 Å². The first-order chi connectivity index (χ1) is 10.3. The smallest absolute Gasteiger partial charge is 0.0720 e. The molecule has 0 aliphatic carbocycles. The number of ether oxygens (including phenoxy) is 1. The van der Waals surface area contributed by atoms with Crippen molar-refractivity contribution in [2.24, 2.45) is 0 Å². The Labute approximate surface area is 128 Å². The van der Waals surface area contributed by atoms with Crippen molar-refractivity contribution in [3.05, 3.63) is 35.9 Å². The Bertz CT molecular complexity index is 414. The number of hydrogen-bond donors (Lipinski definition) is 0. The first-order valence-electron chi connectivity index (χ1n) is 8.39. The molecule has 2 heterocycles. The van der Waals surface area contributed by atoms with Crippen LogP contribution in [-0.2, 0) is 11.3 Å². The quantitative estimate of drug-likeness (QED) is 0.828. The molecule has 0 aromatic heterocycles. The van der Waals surface area contributed by atoms with E-state index in [0.717, 1.165) is 12.6 Å². The zero-order valence-corrected chi connectivity index (χ0v) is 13.2. The van der Waals surface area contributed by atoms with Crippen LogP contribution in [0.3, 0.4) is 0 Å². The molecule has 3 heteroatoms. The fourth-order valence-corrected chi connectivity index (χ4v) is 3.55. The van der Waals surface area contributed by atoms with Crippen LogP contribution in [0.2, 0.25) is 0 Å². The van der Waals surface area contributed by atoms with Gasteiger partial charge in [0.2, 0.25) is 0 Å². The zero-order valence-electron chi connectivity index (χ0n) is 13.2. The summed E-state index contributed by atoms with van der Waals surface area (Å²) in [5.74, 6) is 0. The lowest BCUT2D eigenvalue weighted by Crippen LogP contribution is -2.43. The van der Waals surface area contributed by atoms with Gasteiger partial charge in [0.15, 0.2) is 0 Å². The Morgan fingerprint density at radius 3 is 2.48 bits per heavy atom. The second-order valence-corrected chi connectivity index (χ2v) is 6.57. The van der Waals surface area contributed by atoms with E-state index in [4.69, 9.17) is 4.74 Å². The summed E-state index contributed by atoms with van der Waals surface area (Å²) < 4.78 is 6.07. The van der Waals surface area contributed by atoms with E-state index in [9.17, 15) is 0 Å². The van der Waals surface area contributed by atoms with E-state index in [1.54, 1.807) is 0 Å². The molecule has 2 saturated heterocycles. The van der Waals surface area contributed by atoms with Gasteiger partial charge in [-0.2, -0.15) is 0 Å². The SMILES string of the molecule is CN1CCC[C@H]1CN1CCC(OCc2ccccc2)CC1. The summed E-state index contributed by atoms with van der Waals surface area (Å²) in [5, 5.41) is 0. The van der Waals surface area contributed by atoms with Gasteiger partial charge in [0.25, 0.3) is 0 Å². The summed E-state index contributed by atoms with van der Waals surface area (Å²) in [5.41, 5.74) is 1.28. The number of likely N-dealkylation sites (N-methyl/N-ethyl adjacent to an activating group) is 1. The van der Waals surface area contributed by atoms with E-state index in [0.29, 0.717) is 6.10 Å². The third kappa shape index (κ3) is 4.29. The van der Waals surface area contributed by atoms with Gasteiger partial charge in [-0.1, -0.05) is 30.3 Å². The first-order valence-corrected chi connectivity index (χ1v) is 8.39. The largest absolute Gasteiger partial charge is 0.373 e. The number of likely N-dealkylation sites (tertiary alicyclic amines) is 2. The molecule has 3 rings (SSSR count). The molecule has 2 aliphatic rings. The van der Waals surface area contributed by atoms with Crippen molar-refractivity contribution in [3.8, 4) is 0 Å². The van der Waals surface area contributed by atoms with Gasteiger partial charge in [0, 0.05) is 25.7 Å². The second kappa shape index (κ2) is 7.39. The van der Waals surface area contributed by atoms with E-state index in [-0.39, 0.29) is 0 Å². The molecule has 1 atom stereocenters. The number of hydrogen-bond acceptors (Lipinski definition) is 3. The van der Waals surface area contributed by atoms with Crippen LogP contribution in [0.15, 0.2) is 30.3 Å². The highest BCUT2D eigenvalue weighted by Gasteiger charge is 2.26. The predicted molar refractivity (Wildman–Crippen MR) is 86.3 cm³/mol. The molecular formula is C18H28N2O. The molecule has 0 unspecified atom stereocenters. The van der Waals surface area contributed by atoms with Crippen LogP contribution in [0.25, 0.3) is 0 Å². The standard InChI is InChI=1S/C18H28N2O/c1-19-11-5-8-17(19)14-20-12-9-18(10-13-20)21-15-16-6-3-2-4-7-16/h2-4,6-7,17-18H,5,8-15H2,1H3/t17-/m0/s1. The van der Waals surface area contributed by atoms with E-state index in [1.807, 2.05) is 0 Å². The monoisotopic (exact) mass is 288 g/mol. The minimum atomic E-state index is 0.447. The highest BCUT2D eigenvalue weighted by atomic mass is 16.5. The molecule has 0 radical (unpaired) electrons. The number of benzene rings is 1. The fraction of sp³-hybridized carbons (Fsp3) is 0.667. The van der Waals surface area contributed by atoms with E-state index in [2.05, 4.69) is 47.2 Å². The van der Waals surface area contributed by atoms with Crippen LogP contribution in [-0.4, -0.2) is 55.2 Å². The van der Waals surface area contributed by atoms with Crippen molar-refractivity contribution in [2.75, 3.05) is 33.2 Å². The Balaban J connectivity index is 1.37. The molecular weight excluding hydrogens is 260 g/mol. The normalized spacial score (nSPS) is 25.5. The van der Waals surface area contributed by atoms with Crippen LogP contribution in [0, 0.1) is 0 Å². The molecule has 2 fully saturated rings. The van der Waals surface area contributed by atoms with Crippen molar-refractivity contribution in [1.82, 2.24) is 9.80 Å². The highest BCUT2D eigenvalue weighted by Crippen LogP contribution is 2.20. The maximum Gasteiger partial charge on any atom is 0.0720 e. The lowest BCUT2D eigenvalue weighted by atomic mass is 10.1. The Morgan fingerprint density at radius 2 is 1.81 bits per heavy atom.